The lowest BCUT2D eigenvalue weighted by Gasteiger charge is -2.44. The predicted molar refractivity (Wildman–Crippen MR) is 72.4 cm³/mol. The Morgan fingerprint density at radius 1 is 1.17 bits per heavy atom. The van der Waals surface area contributed by atoms with Crippen molar-refractivity contribution in [2.75, 3.05) is 0 Å². The van der Waals surface area contributed by atoms with Crippen LogP contribution in [0.1, 0.15) is 51.8 Å². The van der Waals surface area contributed by atoms with Crippen LogP contribution in [0, 0.1) is 11.3 Å². The van der Waals surface area contributed by atoms with Crippen LogP contribution in [0.3, 0.4) is 0 Å². The summed E-state index contributed by atoms with van der Waals surface area (Å²) in [5.74, 6) is -0.205. The van der Waals surface area contributed by atoms with Gasteiger partial charge in [-0.1, -0.05) is 45.0 Å². The number of Topliss-reactive ketones (excluding diaryl/α,β-unsaturated/α-hetero) is 1. The first-order valence-corrected chi connectivity index (χ1v) is 6.49. The molecule has 0 amide bonds. The molecule has 2 nitrogen and oxygen atoms in total. The summed E-state index contributed by atoms with van der Waals surface area (Å²) < 4.78 is 0. The molecule has 1 aromatic rings. The number of hydrogen-bond acceptors (Lipinski definition) is 2. The zero-order valence-electron chi connectivity index (χ0n) is 11.8. The quantitative estimate of drug-likeness (QED) is 0.763. The van der Waals surface area contributed by atoms with E-state index >= 15 is 0 Å². The van der Waals surface area contributed by atoms with Crippen LogP contribution in [0.4, 0.5) is 0 Å². The molecule has 2 heteroatoms. The fourth-order valence-corrected chi connectivity index (χ4v) is 3.04. The van der Waals surface area contributed by atoms with Crippen LogP contribution in [0.15, 0.2) is 24.3 Å². The number of hydrogen-bond donors (Lipinski definition) is 1. The van der Waals surface area contributed by atoms with Crippen molar-refractivity contribution in [2.45, 2.75) is 46.1 Å². The summed E-state index contributed by atoms with van der Waals surface area (Å²) in [6.07, 6.45) is -0.693. The molecule has 2 unspecified atom stereocenters. The first kappa shape index (κ1) is 13.3. The molecular formula is C16H22O2. The van der Waals surface area contributed by atoms with Gasteiger partial charge in [0, 0.05) is 5.41 Å². The molecule has 0 heterocycles. The highest BCUT2D eigenvalue weighted by Crippen LogP contribution is 2.48. The Labute approximate surface area is 109 Å². The third-order valence-electron chi connectivity index (χ3n) is 4.10. The molecule has 0 aliphatic heterocycles. The van der Waals surface area contributed by atoms with E-state index in [9.17, 15) is 9.90 Å². The van der Waals surface area contributed by atoms with Gasteiger partial charge in [-0.3, -0.25) is 4.79 Å². The van der Waals surface area contributed by atoms with Crippen LogP contribution in [0.25, 0.3) is 0 Å². The molecule has 0 spiro atoms. The van der Waals surface area contributed by atoms with E-state index in [1.165, 1.54) is 0 Å². The maximum Gasteiger partial charge on any atom is 0.149 e. The Balaban J connectivity index is 2.65. The van der Waals surface area contributed by atoms with Gasteiger partial charge in [0.05, 0.1) is 12.0 Å². The van der Waals surface area contributed by atoms with Gasteiger partial charge < -0.3 is 5.11 Å². The molecule has 2 atom stereocenters. The maximum absolute atomic E-state index is 12.7. The molecule has 18 heavy (non-hydrogen) atoms. The fourth-order valence-electron chi connectivity index (χ4n) is 3.04. The molecule has 0 radical (unpaired) electrons. The van der Waals surface area contributed by atoms with Crippen molar-refractivity contribution in [3.05, 3.63) is 35.4 Å². The summed E-state index contributed by atoms with van der Waals surface area (Å²) in [5, 5.41) is 10.5. The molecular weight excluding hydrogens is 224 g/mol. The second-order valence-electron chi connectivity index (χ2n) is 6.87. The molecule has 2 rings (SSSR count). The van der Waals surface area contributed by atoms with Gasteiger partial charge in [-0.2, -0.15) is 0 Å². The van der Waals surface area contributed by atoms with E-state index in [2.05, 4.69) is 0 Å². The van der Waals surface area contributed by atoms with Crippen molar-refractivity contribution in [1.29, 1.82) is 0 Å². The summed E-state index contributed by atoms with van der Waals surface area (Å²) in [7, 11) is 0. The number of aliphatic hydroxyl groups is 1. The molecule has 0 fully saturated rings. The van der Waals surface area contributed by atoms with Gasteiger partial charge in [0.1, 0.15) is 5.78 Å². The van der Waals surface area contributed by atoms with Gasteiger partial charge in [0.25, 0.3) is 0 Å². The zero-order chi connectivity index (χ0) is 13.7. The summed E-state index contributed by atoms with van der Waals surface area (Å²) in [4.78, 5) is 12.7. The number of ketones is 1. The Kier molecular flexibility index (Phi) is 2.90. The monoisotopic (exact) mass is 246 g/mol. The molecule has 0 saturated carbocycles. The fraction of sp³-hybridized carbons (Fsp3) is 0.562. The molecule has 1 aliphatic carbocycles. The summed E-state index contributed by atoms with van der Waals surface area (Å²) in [5.41, 5.74) is 1.11. The first-order chi connectivity index (χ1) is 8.17. The normalized spacial score (nSPS) is 26.9. The van der Waals surface area contributed by atoms with Gasteiger partial charge in [0.15, 0.2) is 0 Å². The van der Waals surface area contributed by atoms with E-state index in [0.717, 1.165) is 11.1 Å². The number of carbonyl (C=O) groups excluding carboxylic acids is 1. The van der Waals surface area contributed by atoms with E-state index in [4.69, 9.17) is 0 Å². The first-order valence-electron chi connectivity index (χ1n) is 6.49. The standard InChI is InChI=1S/C16H22O2/c1-15(2,3)12-13(17)10-8-6-7-9-11(10)16(4,5)14(12)18/h6-9,12-13,17H,1-5H3. The average molecular weight is 246 g/mol. The van der Waals surface area contributed by atoms with Gasteiger partial charge in [-0.25, -0.2) is 0 Å². The molecule has 1 N–H and O–H groups in total. The van der Waals surface area contributed by atoms with E-state index in [-0.39, 0.29) is 17.1 Å². The Hall–Kier alpha value is -1.15. The van der Waals surface area contributed by atoms with Gasteiger partial charge >= 0.3 is 0 Å². The smallest absolute Gasteiger partial charge is 0.149 e. The van der Waals surface area contributed by atoms with Gasteiger partial charge in [-0.05, 0) is 30.4 Å². The Morgan fingerprint density at radius 3 is 2.28 bits per heavy atom. The molecule has 98 valence electrons. The van der Waals surface area contributed by atoms with Crippen LogP contribution < -0.4 is 0 Å². The van der Waals surface area contributed by atoms with Crippen molar-refractivity contribution in [1.82, 2.24) is 0 Å². The summed E-state index contributed by atoms with van der Waals surface area (Å²) in [6.45, 7) is 9.96. The molecule has 1 aromatic carbocycles. The lowest BCUT2D eigenvalue weighted by molar-refractivity contribution is -0.138. The van der Waals surface area contributed by atoms with Crippen molar-refractivity contribution in [2.24, 2.45) is 11.3 Å². The minimum Gasteiger partial charge on any atom is -0.388 e. The van der Waals surface area contributed by atoms with Crippen LogP contribution >= 0.6 is 0 Å². The van der Waals surface area contributed by atoms with E-state index in [0.29, 0.717) is 0 Å². The van der Waals surface area contributed by atoms with Crippen LogP contribution in [0.5, 0.6) is 0 Å². The summed E-state index contributed by atoms with van der Waals surface area (Å²) in [6, 6.07) is 7.74. The number of fused-ring (bicyclic) bond motifs is 1. The highest BCUT2D eigenvalue weighted by atomic mass is 16.3. The molecule has 0 saturated heterocycles. The Morgan fingerprint density at radius 2 is 1.72 bits per heavy atom. The van der Waals surface area contributed by atoms with Crippen LogP contribution in [0.2, 0.25) is 0 Å². The lowest BCUT2D eigenvalue weighted by atomic mass is 9.60. The minimum atomic E-state index is -0.693. The van der Waals surface area contributed by atoms with E-state index in [1.54, 1.807) is 0 Å². The predicted octanol–water partition coefficient (Wildman–Crippen LogP) is 3.24. The van der Waals surface area contributed by atoms with E-state index in [1.807, 2.05) is 58.9 Å². The highest BCUT2D eigenvalue weighted by Gasteiger charge is 2.49. The number of aliphatic hydroxyl groups excluding tert-OH is 1. The second-order valence-corrected chi connectivity index (χ2v) is 6.87. The third kappa shape index (κ3) is 1.79. The van der Waals surface area contributed by atoms with E-state index < -0.39 is 11.5 Å². The lowest BCUT2D eigenvalue weighted by Crippen LogP contribution is -2.48. The molecule has 1 aliphatic rings. The third-order valence-corrected chi connectivity index (χ3v) is 4.10. The second kappa shape index (κ2) is 3.92. The molecule has 0 aromatic heterocycles. The zero-order valence-corrected chi connectivity index (χ0v) is 11.8. The van der Waals surface area contributed by atoms with Crippen molar-refractivity contribution < 1.29 is 9.90 Å². The largest absolute Gasteiger partial charge is 0.388 e. The topological polar surface area (TPSA) is 37.3 Å². The van der Waals surface area contributed by atoms with Crippen molar-refractivity contribution >= 4 is 5.78 Å². The maximum atomic E-state index is 12.7. The minimum absolute atomic E-state index is 0.140. The number of carbonyl (C=O) groups is 1. The van der Waals surface area contributed by atoms with Crippen LogP contribution in [-0.4, -0.2) is 10.9 Å². The average Bonchev–Trinajstić information content (AvgIpc) is 2.25. The van der Waals surface area contributed by atoms with Crippen LogP contribution in [-0.2, 0) is 10.2 Å². The van der Waals surface area contributed by atoms with Crippen molar-refractivity contribution in [3.63, 3.8) is 0 Å². The number of benzene rings is 1. The Bertz CT molecular complexity index is 480. The number of rotatable bonds is 0. The summed E-state index contributed by atoms with van der Waals surface area (Å²) >= 11 is 0. The van der Waals surface area contributed by atoms with Crippen molar-refractivity contribution in [3.8, 4) is 0 Å². The van der Waals surface area contributed by atoms with Gasteiger partial charge in [0.2, 0.25) is 0 Å². The van der Waals surface area contributed by atoms with Gasteiger partial charge in [-0.15, -0.1) is 0 Å². The molecule has 0 bridgehead atoms. The highest BCUT2D eigenvalue weighted by molar-refractivity contribution is 5.94. The SMILES string of the molecule is CC1(C)C(=O)C(C(C)(C)C)C(O)c2ccccc21.